The SMILES string of the molecule is O=C1/C(=C/c2ccc(Cl)cc2Cl)Oc2c1ccc1c2CN(CCc2ccccc2Cl)CO1. The maximum Gasteiger partial charge on any atom is 0.231 e. The molecule has 0 spiro atoms. The summed E-state index contributed by atoms with van der Waals surface area (Å²) in [6.07, 6.45) is 2.44. The van der Waals surface area contributed by atoms with Crippen molar-refractivity contribution in [3.63, 3.8) is 0 Å². The van der Waals surface area contributed by atoms with Crippen molar-refractivity contribution in [3.05, 3.63) is 97.7 Å². The fourth-order valence-corrected chi connectivity index (χ4v) is 4.58. The first-order valence-electron chi connectivity index (χ1n) is 10.1. The van der Waals surface area contributed by atoms with Gasteiger partial charge in [-0.1, -0.05) is 59.1 Å². The molecule has 0 aliphatic carbocycles. The number of allylic oxidation sites excluding steroid dienone is 1. The third-order valence-electron chi connectivity index (χ3n) is 5.59. The smallest absolute Gasteiger partial charge is 0.231 e. The first kappa shape index (κ1) is 21.4. The summed E-state index contributed by atoms with van der Waals surface area (Å²) < 4.78 is 12.0. The van der Waals surface area contributed by atoms with Crippen LogP contribution in [0.3, 0.4) is 0 Å². The summed E-state index contributed by atoms with van der Waals surface area (Å²) in [5.41, 5.74) is 3.15. The average molecular weight is 487 g/mol. The highest BCUT2D eigenvalue weighted by Gasteiger charge is 2.33. The maximum absolute atomic E-state index is 13.0. The van der Waals surface area contributed by atoms with Crippen molar-refractivity contribution in [1.82, 2.24) is 4.90 Å². The van der Waals surface area contributed by atoms with Crippen LogP contribution in [0.2, 0.25) is 15.1 Å². The summed E-state index contributed by atoms with van der Waals surface area (Å²) in [6.45, 7) is 1.85. The molecule has 0 saturated heterocycles. The van der Waals surface area contributed by atoms with Crippen molar-refractivity contribution in [2.24, 2.45) is 0 Å². The summed E-state index contributed by atoms with van der Waals surface area (Å²) in [4.78, 5) is 15.1. The number of hydrogen-bond acceptors (Lipinski definition) is 4. The highest BCUT2D eigenvalue weighted by atomic mass is 35.5. The van der Waals surface area contributed by atoms with Crippen LogP contribution in [-0.2, 0) is 13.0 Å². The number of nitrogens with zero attached hydrogens (tertiary/aromatic N) is 1. The summed E-state index contributed by atoms with van der Waals surface area (Å²) in [7, 11) is 0. The van der Waals surface area contributed by atoms with E-state index in [9.17, 15) is 4.79 Å². The number of Topliss-reactive ketones (excluding diaryl/α,β-unsaturated/α-hetero) is 1. The molecule has 32 heavy (non-hydrogen) atoms. The van der Waals surface area contributed by atoms with Gasteiger partial charge >= 0.3 is 0 Å². The molecule has 0 atom stereocenters. The number of ketones is 1. The lowest BCUT2D eigenvalue weighted by atomic mass is 10.0. The van der Waals surface area contributed by atoms with Crippen LogP contribution in [-0.4, -0.2) is 24.0 Å². The van der Waals surface area contributed by atoms with Gasteiger partial charge in [0.25, 0.3) is 0 Å². The Bertz CT molecular complexity index is 1260. The number of ether oxygens (including phenoxy) is 2. The van der Waals surface area contributed by atoms with E-state index in [4.69, 9.17) is 44.3 Å². The van der Waals surface area contributed by atoms with Crippen LogP contribution in [0, 0.1) is 0 Å². The van der Waals surface area contributed by atoms with E-state index in [0.29, 0.717) is 40.2 Å². The van der Waals surface area contributed by atoms with Gasteiger partial charge in [0, 0.05) is 28.2 Å². The lowest BCUT2D eigenvalue weighted by molar-refractivity contribution is 0.0950. The van der Waals surface area contributed by atoms with E-state index in [1.165, 1.54) is 0 Å². The van der Waals surface area contributed by atoms with Crippen molar-refractivity contribution in [1.29, 1.82) is 0 Å². The quantitative estimate of drug-likeness (QED) is 0.387. The Morgan fingerprint density at radius 3 is 2.66 bits per heavy atom. The van der Waals surface area contributed by atoms with Crippen LogP contribution < -0.4 is 9.47 Å². The number of fused-ring (bicyclic) bond motifs is 3. The molecule has 0 amide bonds. The summed E-state index contributed by atoms with van der Waals surface area (Å²) in [5.74, 6) is 1.33. The van der Waals surface area contributed by atoms with E-state index >= 15 is 0 Å². The maximum atomic E-state index is 13.0. The van der Waals surface area contributed by atoms with E-state index in [0.717, 1.165) is 34.9 Å². The number of carbonyl (C=O) groups is 1. The zero-order valence-electron chi connectivity index (χ0n) is 16.9. The highest BCUT2D eigenvalue weighted by molar-refractivity contribution is 6.35. The molecule has 0 saturated carbocycles. The minimum absolute atomic E-state index is 0.179. The summed E-state index contributed by atoms with van der Waals surface area (Å²) in [6, 6.07) is 16.5. The van der Waals surface area contributed by atoms with Gasteiger partial charge in [0.1, 0.15) is 18.2 Å². The molecule has 5 rings (SSSR count). The normalized spacial score (nSPS) is 16.5. The molecular weight excluding hydrogens is 469 g/mol. The molecule has 0 bridgehead atoms. The molecule has 0 N–H and O–H groups in total. The van der Waals surface area contributed by atoms with Crippen LogP contribution in [0.15, 0.2) is 60.4 Å². The van der Waals surface area contributed by atoms with Crippen molar-refractivity contribution < 1.29 is 14.3 Å². The Labute approximate surface area is 200 Å². The fourth-order valence-electron chi connectivity index (χ4n) is 3.89. The topological polar surface area (TPSA) is 38.8 Å². The van der Waals surface area contributed by atoms with Crippen LogP contribution >= 0.6 is 34.8 Å². The second-order valence-electron chi connectivity index (χ2n) is 7.69. The molecule has 0 radical (unpaired) electrons. The van der Waals surface area contributed by atoms with Crippen LogP contribution in [0.25, 0.3) is 6.08 Å². The third-order valence-corrected chi connectivity index (χ3v) is 6.52. The van der Waals surface area contributed by atoms with Crippen LogP contribution in [0.1, 0.15) is 27.0 Å². The lowest BCUT2D eigenvalue weighted by Gasteiger charge is -2.29. The largest absolute Gasteiger partial charge is 0.478 e. The first-order chi connectivity index (χ1) is 15.5. The second-order valence-corrected chi connectivity index (χ2v) is 8.94. The average Bonchev–Trinajstić information content (AvgIpc) is 3.11. The van der Waals surface area contributed by atoms with Crippen molar-refractivity contribution in [2.45, 2.75) is 13.0 Å². The van der Waals surface area contributed by atoms with Gasteiger partial charge < -0.3 is 9.47 Å². The van der Waals surface area contributed by atoms with E-state index in [2.05, 4.69) is 4.90 Å². The van der Waals surface area contributed by atoms with Gasteiger partial charge in [-0.2, -0.15) is 0 Å². The molecule has 2 heterocycles. The van der Waals surface area contributed by atoms with Crippen molar-refractivity contribution in [3.8, 4) is 11.5 Å². The number of benzene rings is 3. The predicted molar refractivity (Wildman–Crippen MR) is 127 cm³/mol. The van der Waals surface area contributed by atoms with E-state index in [1.807, 2.05) is 30.3 Å². The monoisotopic (exact) mass is 485 g/mol. The van der Waals surface area contributed by atoms with E-state index < -0.39 is 0 Å². The molecule has 7 heteroatoms. The zero-order valence-corrected chi connectivity index (χ0v) is 19.2. The molecule has 162 valence electrons. The molecule has 2 aliphatic rings. The van der Waals surface area contributed by atoms with Crippen molar-refractivity contribution >= 4 is 46.7 Å². The van der Waals surface area contributed by atoms with Gasteiger partial charge in [-0.3, -0.25) is 9.69 Å². The third kappa shape index (κ3) is 4.12. The second kappa shape index (κ2) is 8.80. The minimum Gasteiger partial charge on any atom is -0.478 e. The molecule has 3 aromatic rings. The number of hydrogen-bond donors (Lipinski definition) is 0. The van der Waals surface area contributed by atoms with Gasteiger partial charge in [-0.05, 0) is 54.0 Å². The molecule has 0 aromatic heterocycles. The van der Waals surface area contributed by atoms with Crippen LogP contribution in [0.5, 0.6) is 11.5 Å². The van der Waals surface area contributed by atoms with Gasteiger partial charge in [-0.15, -0.1) is 0 Å². The Morgan fingerprint density at radius 1 is 1.00 bits per heavy atom. The standard InChI is InChI=1S/C25H18Cl3NO3/c26-17-6-5-16(21(28)12-17)11-23-24(30)18-7-8-22-19(25(18)32-23)13-29(14-31-22)10-9-15-3-1-2-4-20(15)27/h1-8,11-12H,9-10,13-14H2/b23-11-. The zero-order chi connectivity index (χ0) is 22.2. The molecule has 4 nitrogen and oxygen atoms in total. The molecule has 0 fully saturated rings. The fraction of sp³-hybridized carbons (Fsp3) is 0.160. The van der Waals surface area contributed by atoms with Gasteiger partial charge in [0.15, 0.2) is 5.76 Å². The van der Waals surface area contributed by atoms with Gasteiger partial charge in [0.05, 0.1) is 11.1 Å². The van der Waals surface area contributed by atoms with E-state index in [-0.39, 0.29) is 11.5 Å². The minimum atomic E-state index is -0.179. The van der Waals surface area contributed by atoms with Gasteiger partial charge in [-0.25, -0.2) is 0 Å². The van der Waals surface area contributed by atoms with E-state index in [1.54, 1.807) is 30.3 Å². The van der Waals surface area contributed by atoms with Crippen molar-refractivity contribution in [2.75, 3.05) is 13.3 Å². The molecule has 3 aromatic carbocycles. The molecule has 0 unspecified atom stereocenters. The predicted octanol–water partition coefficient (Wildman–Crippen LogP) is 6.66. The molecule has 2 aliphatic heterocycles. The lowest BCUT2D eigenvalue weighted by Crippen LogP contribution is -2.33. The van der Waals surface area contributed by atoms with Crippen LogP contribution in [0.4, 0.5) is 0 Å². The Morgan fingerprint density at radius 2 is 1.84 bits per heavy atom. The Balaban J connectivity index is 1.38. The first-order valence-corrected chi connectivity index (χ1v) is 11.3. The molecular formula is C25H18Cl3NO3. The number of halogens is 3. The summed E-state index contributed by atoms with van der Waals surface area (Å²) in [5, 5.41) is 1.74. The summed E-state index contributed by atoms with van der Waals surface area (Å²) >= 11 is 18.5. The highest BCUT2D eigenvalue weighted by Crippen LogP contribution is 2.42. The van der Waals surface area contributed by atoms with Gasteiger partial charge in [0.2, 0.25) is 5.78 Å². The number of carbonyl (C=O) groups excluding carboxylic acids is 1. The Kier molecular flexibility index (Phi) is 5.87. The number of rotatable bonds is 4. The Hall–Kier alpha value is -2.50.